The number of hydrazine groups is 1. The van der Waals surface area contributed by atoms with Crippen LogP contribution >= 0.6 is 11.6 Å². The lowest BCUT2D eigenvalue weighted by molar-refractivity contribution is 0.702. The Morgan fingerprint density at radius 2 is 2.33 bits per heavy atom. The fourth-order valence-electron chi connectivity index (χ4n) is 0.826. The molecule has 1 aromatic rings. The Hall–Kier alpha value is -1.07. The summed E-state index contributed by atoms with van der Waals surface area (Å²) >= 11 is 5.70. The highest BCUT2D eigenvalue weighted by atomic mass is 35.5. The zero-order valence-corrected chi connectivity index (χ0v) is 7.54. The van der Waals surface area contributed by atoms with Crippen molar-refractivity contribution >= 4 is 17.3 Å². The molecule has 0 bridgehead atoms. The first-order chi connectivity index (χ1) is 5.54. The molecule has 0 radical (unpaired) electrons. The van der Waals surface area contributed by atoms with Gasteiger partial charge in [0.25, 0.3) is 5.56 Å². The second kappa shape index (κ2) is 3.12. The molecule has 1 aromatic heterocycles. The SMILES string of the molecule is CN(N)c1c(Cl)cnn(C)c1=O. The molecule has 0 unspecified atom stereocenters. The highest BCUT2D eigenvalue weighted by Gasteiger charge is 2.09. The Morgan fingerprint density at radius 1 is 1.75 bits per heavy atom. The molecule has 0 aliphatic rings. The van der Waals surface area contributed by atoms with Crippen LogP contribution in [0.15, 0.2) is 11.0 Å². The molecule has 0 spiro atoms. The summed E-state index contributed by atoms with van der Waals surface area (Å²) in [4.78, 5) is 11.3. The molecule has 0 aliphatic heterocycles. The van der Waals surface area contributed by atoms with E-state index in [0.717, 1.165) is 0 Å². The van der Waals surface area contributed by atoms with E-state index >= 15 is 0 Å². The van der Waals surface area contributed by atoms with Crippen LogP contribution in [0.1, 0.15) is 0 Å². The molecule has 6 heteroatoms. The predicted molar refractivity (Wildman–Crippen MR) is 47.1 cm³/mol. The van der Waals surface area contributed by atoms with Gasteiger partial charge < -0.3 is 5.01 Å². The second-order valence-corrected chi connectivity index (χ2v) is 2.79. The van der Waals surface area contributed by atoms with E-state index in [-0.39, 0.29) is 16.3 Å². The zero-order chi connectivity index (χ0) is 9.30. The fourth-order valence-corrected chi connectivity index (χ4v) is 1.08. The van der Waals surface area contributed by atoms with Crippen molar-refractivity contribution in [3.05, 3.63) is 21.6 Å². The van der Waals surface area contributed by atoms with Gasteiger partial charge in [0.15, 0.2) is 0 Å². The van der Waals surface area contributed by atoms with E-state index in [9.17, 15) is 4.79 Å². The largest absolute Gasteiger partial charge is 0.308 e. The van der Waals surface area contributed by atoms with Crippen LogP contribution in [-0.2, 0) is 7.05 Å². The highest BCUT2D eigenvalue weighted by Crippen LogP contribution is 2.15. The molecule has 0 atom stereocenters. The van der Waals surface area contributed by atoms with E-state index in [1.165, 1.54) is 22.9 Å². The quantitative estimate of drug-likeness (QED) is 0.488. The lowest BCUT2D eigenvalue weighted by Crippen LogP contribution is -2.34. The highest BCUT2D eigenvalue weighted by molar-refractivity contribution is 6.33. The van der Waals surface area contributed by atoms with Crippen molar-refractivity contribution in [2.45, 2.75) is 0 Å². The first-order valence-corrected chi connectivity index (χ1v) is 3.62. The maximum Gasteiger partial charge on any atom is 0.292 e. The van der Waals surface area contributed by atoms with Crippen molar-refractivity contribution in [1.82, 2.24) is 9.78 Å². The van der Waals surface area contributed by atoms with E-state index in [2.05, 4.69) is 5.10 Å². The number of aryl methyl sites for hydroxylation is 1. The molecule has 1 rings (SSSR count). The summed E-state index contributed by atoms with van der Waals surface area (Å²) < 4.78 is 1.17. The molecule has 0 aromatic carbocycles. The van der Waals surface area contributed by atoms with Gasteiger partial charge in [0.05, 0.1) is 11.2 Å². The molecule has 12 heavy (non-hydrogen) atoms. The van der Waals surface area contributed by atoms with Gasteiger partial charge in [-0.25, -0.2) is 10.5 Å². The summed E-state index contributed by atoms with van der Waals surface area (Å²) in [7, 11) is 3.08. The number of nitrogens with two attached hydrogens (primary N) is 1. The van der Waals surface area contributed by atoms with Gasteiger partial charge in [0.2, 0.25) is 0 Å². The molecule has 0 amide bonds. The Bertz CT molecular complexity index is 346. The predicted octanol–water partition coefficient (Wildman–Crippen LogP) is -0.256. The van der Waals surface area contributed by atoms with Crippen LogP contribution in [0.25, 0.3) is 0 Å². The summed E-state index contributed by atoms with van der Waals surface area (Å²) in [6.07, 6.45) is 1.38. The van der Waals surface area contributed by atoms with E-state index in [4.69, 9.17) is 17.4 Å². The van der Waals surface area contributed by atoms with E-state index in [1.54, 1.807) is 7.05 Å². The summed E-state index contributed by atoms with van der Waals surface area (Å²) in [5.41, 5.74) is -0.0679. The Kier molecular flexibility index (Phi) is 2.35. The summed E-state index contributed by atoms with van der Waals surface area (Å²) in [5, 5.41) is 5.14. The standard InChI is InChI=1S/C6H9ClN4O/c1-10(8)5-4(7)3-9-11(2)6(5)12/h3H,8H2,1-2H3. The van der Waals surface area contributed by atoms with Crippen LogP contribution in [0.2, 0.25) is 5.02 Å². The van der Waals surface area contributed by atoms with E-state index < -0.39 is 0 Å². The minimum atomic E-state index is -0.312. The van der Waals surface area contributed by atoms with Crippen molar-refractivity contribution in [2.24, 2.45) is 12.9 Å². The lowest BCUT2D eigenvalue weighted by Gasteiger charge is -2.12. The molecule has 0 saturated carbocycles. The first-order valence-electron chi connectivity index (χ1n) is 3.24. The molecule has 0 fully saturated rings. The van der Waals surface area contributed by atoms with Crippen LogP contribution < -0.4 is 16.4 Å². The Morgan fingerprint density at radius 3 is 2.75 bits per heavy atom. The minimum absolute atomic E-state index is 0.245. The number of anilines is 1. The molecule has 5 nitrogen and oxygen atoms in total. The summed E-state index contributed by atoms with van der Waals surface area (Å²) in [6, 6.07) is 0. The third kappa shape index (κ3) is 1.41. The van der Waals surface area contributed by atoms with Crippen LogP contribution in [0.5, 0.6) is 0 Å². The van der Waals surface area contributed by atoms with Gasteiger partial charge >= 0.3 is 0 Å². The summed E-state index contributed by atoms with van der Waals surface area (Å²) in [5.74, 6) is 5.39. The monoisotopic (exact) mass is 188 g/mol. The van der Waals surface area contributed by atoms with E-state index in [1.807, 2.05) is 0 Å². The van der Waals surface area contributed by atoms with Crippen molar-refractivity contribution in [3.8, 4) is 0 Å². The molecule has 1 heterocycles. The number of nitrogens with zero attached hydrogens (tertiary/aromatic N) is 3. The number of hydrogen-bond donors (Lipinski definition) is 1. The number of hydrogen-bond acceptors (Lipinski definition) is 4. The van der Waals surface area contributed by atoms with Gasteiger partial charge in [-0.15, -0.1) is 0 Å². The molecule has 2 N–H and O–H groups in total. The Balaban J connectivity index is 3.44. The van der Waals surface area contributed by atoms with Gasteiger partial charge in [-0.2, -0.15) is 5.10 Å². The average Bonchev–Trinajstić information content (AvgIpc) is 1.97. The lowest BCUT2D eigenvalue weighted by atomic mass is 10.4. The third-order valence-electron chi connectivity index (χ3n) is 1.42. The van der Waals surface area contributed by atoms with Crippen molar-refractivity contribution < 1.29 is 0 Å². The van der Waals surface area contributed by atoms with Gasteiger partial charge in [0, 0.05) is 14.1 Å². The van der Waals surface area contributed by atoms with Gasteiger partial charge in [-0.05, 0) is 0 Å². The average molecular weight is 189 g/mol. The minimum Gasteiger partial charge on any atom is -0.308 e. The van der Waals surface area contributed by atoms with E-state index in [0.29, 0.717) is 0 Å². The van der Waals surface area contributed by atoms with Crippen LogP contribution in [0.3, 0.4) is 0 Å². The normalized spacial score (nSPS) is 10.0. The maximum absolute atomic E-state index is 11.3. The van der Waals surface area contributed by atoms with Gasteiger partial charge in [-0.3, -0.25) is 4.79 Å². The number of aromatic nitrogens is 2. The number of rotatable bonds is 1. The van der Waals surface area contributed by atoms with Gasteiger partial charge in [-0.1, -0.05) is 11.6 Å². The van der Waals surface area contributed by atoms with Crippen LogP contribution in [0.4, 0.5) is 5.69 Å². The smallest absolute Gasteiger partial charge is 0.292 e. The van der Waals surface area contributed by atoms with Crippen molar-refractivity contribution in [3.63, 3.8) is 0 Å². The fraction of sp³-hybridized carbons (Fsp3) is 0.333. The number of halogens is 1. The second-order valence-electron chi connectivity index (χ2n) is 2.38. The summed E-state index contributed by atoms with van der Waals surface area (Å²) in [6.45, 7) is 0. The van der Waals surface area contributed by atoms with Crippen LogP contribution in [-0.4, -0.2) is 16.8 Å². The molecular formula is C6H9ClN4O. The van der Waals surface area contributed by atoms with Crippen molar-refractivity contribution in [2.75, 3.05) is 12.1 Å². The van der Waals surface area contributed by atoms with Crippen molar-refractivity contribution in [1.29, 1.82) is 0 Å². The molecule has 0 aliphatic carbocycles. The maximum atomic E-state index is 11.3. The van der Waals surface area contributed by atoms with Gasteiger partial charge in [0.1, 0.15) is 5.69 Å². The third-order valence-corrected chi connectivity index (χ3v) is 1.70. The molecule has 0 saturated heterocycles. The molecule has 66 valence electrons. The zero-order valence-electron chi connectivity index (χ0n) is 6.78. The molecular weight excluding hydrogens is 180 g/mol. The Labute approximate surface area is 74.3 Å². The first kappa shape index (κ1) is 9.02. The topological polar surface area (TPSA) is 64.2 Å². The van der Waals surface area contributed by atoms with Crippen LogP contribution in [0, 0.1) is 0 Å².